The molecule has 2 aromatic heterocycles. The number of hydrogen-bond donors (Lipinski definition) is 1. The molecule has 0 aromatic carbocycles. The molecule has 1 aliphatic heterocycles. The summed E-state index contributed by atoms with van der Waals surface area (Å²) in [4.78, 5) is 20.5. The number of aliphatic imine (C=N–C) groups is 1. The summed E-state index contributed by atoms with van der Waals surface area (Å²) in [5.74, 6) is 1.89. The average molecular weight is 345 g/mol. The van der Waals surface area contributed by atoms with Gasteiger partial charge in [0.2, 0.25) is 0 Å². The van der Waals surface area contributed by atoms with E-state index in [0.29, 0.717) is 38.5 Å². The van der Waals surface area contributed by atoms with E-state index in [4.69, 9.17) is 8.94 Å². The predicted molar refractivity (Wildman–Crippen MR) is 92.3 cm³/mol. The van der Waals surface area contributed by atoms with Crippen molar-refractivity contribution >= 4 is 11.9 Å². The van der Waals surface area contributed by atoms with E-state index < -0.39 is 0 Å². The van der Waals surface area contributed by atoms with Gasteiger partial charge in [-0.2, -0.15) is 0 Å². The molecule has 0 atom stereocenters. The van der Waals surface area contributed by atoms with Crippen molar-refractivity contribution in [3.05, 3.63) is 41.7 Å². The fourth-order valence-electron chi connectivity index (χ4n) is 2.78. The Morgan fingerprint density at radius 2 is 2.08 bits per heavy atom. The number of guanidine groups is 1. The van der Waals surface area contributed by atoms with Crippen LogP contribution in [0.25, 0.3) is 0 Å². The van der Waals surface area contributed by atoms with Crippen molar-refractivity contribution in [3.8, 4) is 0 Å². The van der Waals surface area contributed by atoms with E-state index in [0.717, 1.165) is 23.8 Å². The SMILES string of the molecule is CCc1cc(CNC(=NC)N2CCN(C(=O)c3ccco3)CC2)on1. The van der Waals surface area contributed by atoms with E-state index in [2.05, 4.69) is 20.4 Å². The highest BCUT2D eigenvalue weighted by molar-refractivity contribution is 5.91. The minimum atomic E-state index is -0.0682. The van der Waals surface area contributed by atoms with Crippen LogP contribution in [0.5, 0.6) is 0 Å². The fraction of sp³-hybridized carbons (Fsp3) is 0.471. The van der Waals surface area contributed by atoms with Crippen molar-refractivity contribution in [1.29, 1.82) is 0 Å². The minimum absolute atomic E-state index is 0.0682. The van der Waals surface area contributed by atoms with Gasteiger partial charge >= 0.3 is 0 Å². The van der Waals surface area contributed by atoms with E-state index in [-0.39, 0.29) is 5.91 Å². The maximum absolute atomic E-state index is 12.3. The molecule has 0 spiro atoms. The van der Waals surface area contributed by atoms with Crippen molar-refractivity contribution in [2.45, 2.75) is 19.9 Å². The smallest absolute Gasteiger partial charge is 0.289 e. The Bertz CT molecular complexity index is 714. The Hall–Kier alpha value is -2.77. The van der Waals surface area contributed by atoms with Gasteiger partial charge in [-0.25, -0.2) is 0 Å². The van der Waals surface area contributed by atoms with E-state index in [1.54, 1.807) is 24.1 Å². The van der Waals surface area contributed by atoms with Crippen LogP contribution < -0.4 is 5.32 Å². The van der Waals surface area contributed by atoms with E-state index in [9.17, 15) is 4.79 Å². The van der Waals surface area contributed by atoms with Crippen molar-refractivity contribution in [1.82, 2.24) is 20.3 Å². The number of carbonyl (C=O) groups is 1. The van der Waals surface area contributed by atoms with Gasteiger partial charge in [-0.15, -0.1) is 0 Å². The lowest BCUT2D eigenvalue weighted by atomic mass is 10.3. The third-order valence-electron chi connectivity index (χ3n) is 4.20. The van der Waals surface area contributed by atoms with E-state index >= 15 is 0 Å². The largest absolute Gasteiger partial charge is 0.459 e. The summed E-state index contributed by atoms with van der Waals surface area (Å²) in [6.07, 6.45) is 2.37. The fourth-order valence-corrected chi connectivity index (χ4v) is 2.78. The van der Waals surface area contributed by atoms with Crippen LogP contribution in [0.1, 0.15) is 28.9 Å². The third-order valence-corrected chi connectivity index (χ3v) is 4.20. The molecule has 0 unspecified atom stereocenters. The van der Waals surface area contributed by atoms with Crippen molar-refractivity contribution in [2.24, 2.45) is 4.99 Å². The lowest BCUT2D eigenvalue weighted by Crippen LogP contribution is -2.53. The molecule has 0 saturated carbocycles. The van der Waals surface area contributed by atoms with Crippen LogP contribution >= 0.6 is 0 Å². The monoisotopic (exact) mass is 345 g/mol. The van der Waals surface area contributed by atoms with E-state index in [1.807, 2.05) is 13.0 Å². The van der Waals surface area contributed by atoms with Gasteiger partial charge in [0, 0.05) is 39.3 Å². The van der Waals surface area contributed by atoms with Gasteiger partial charge in [0.25, 0.3) is 5.91 Å². The standard InChI is InChI=1S/C17H23N5O3/c1-3-13-11-14(25-20-13)12-19-17(18-2)22-8-6-21(7-9-22)16(23)15-5-4-10-24-15/h4-5,10-11H,3,6-9,12H2,1-2H3,(H,18,19). The Kier molecular flexibility index (Phi) is 5.37. The van der Waals surface area contributed by atoms with Crippen LogP contribution in [-0.4, -0.2) is 60.0 Å². The van der Waals surface area contributed by atoms with Crippen LogP contribution in [0.4, 0.5) is 0 Å². The molecule has 0 radical (unpaired) electrons. The highest BCUT2D eigenvalue weighted by atomic mass is 16.5. The van der Waals surface area contributed by atoms with Gasteiger partial charge in [-0.3, -0.25) is 9.79 Å². The predicted octanol–water partition coefficient (Wildman–Crippen LogP) is 1.36. The number of furan rings is 1. The summed E-state index contributed by atoms with van der Waals surface area (Å²) in [5.41, 5.74) is 0.942. The van der Waals surface area contributed by atoms with Gasteiger partial charge < -0.3 is 24.1 Å². The summed E-state index contributed by atoms with van der Waals surface area (Å²) in [6.45, 7) is 5.25. The quantitative estimate of drug-likeness (QED) is 0.665. The zero-order valence-corrected chi connectivity index (χ0v) is 14.6. The summed E-state index contributed by atoms with van der Waals surface area (Å²) < 4.78 is 10.5. The number of aryl methyl sites for hydroxylation is 1. The molecule has 0 aliphatic carbocycles. The molecular formula is C17H23N5O3. The Morgan fingerprint density at radius 3 is 2.68 bits per heavy atom. The summed E-state index contributed by atoms with van der Waals surface area (Å²) in [7, 11) is 1.75. The molecule has 25 heavy (non-hydrogen) atoms. The first-order valence-corrected chi connectivity index (χ1v) is 8.44. The van der Waals surface area contributed by atoms with Crippen LogP contribution in [0.3, 0.4) is 0 Å². The first-order valence-electron chi connectivity index (χ1n) is 8.44. The highest BCUT2D eigenvalue weighted by Crippen LogP contribution is 2.10. The third kappa shape index (κ3) is 4.01. The molecule has 1 saturated heterocycles. The number of amides is 1. The lowest BCUT2D eigenvalue weighted by Gasteiger charge is -2.36. The van der Waals surface area contributed by atoms with Gasteiger partial charge in [-0.05, 0) is 18.6 Å². The molecule has 3 rings (SSSR count). The minimum Gasteiger partial charge on any atom is -0.459 e. The number of rotatable bonds is 4. The molecule has 134 valence electrons. The highest BCUT2D eigenvalue weighted by Gasteiger charge is 2.25. The number of piperazine rings is 1. The van der Waals surface area contributed by atoms with Crippen molar-refractivity contribution < 1.29 is 13.7 Å². The van der Waals surface area contributed by atoms with Gasteiger partial charge in [-0.1, -0.05) is 12.1 Å². The topological polar surface area (TPSA) is 87.1 Å². The van der Waals surface area contributed by atoms with E-state index in [1.165, 1.54) is 6.26 Å². The molecule has 2 aromatic rings. The Morgan fingerprint density at radius 1 is 1.32 bits per heavy atom. The summed E-state index contributed by atoms with van der Waals surface area (Å²) in [5, 5.41) is 7.27. The molecular weight excluding hydrogens is 322 g/mol. The molecule has 8 heteroatoms. The Balaban J connectivity index is 1.51. The molecule has 1 amide bonds. The summed E-state index contributed by atoms with van der Waals surface area (Å²) in [6, 6.07) is 5.36. The second kappa shape index (κ2) is 7.87. The van der Waals surface area contributed by atoms with Gasteiger partial charge in [0.15, 0.2) is 17.5 Å². The molecule has 1 fully saturated rings. The first kappa shape index (κ1) is 17.1. The van der Waals surface area contributed by atoms with Crippen LogP contribution in [0.15, 0.2) is 38.4 Å². The number of carbonyl (C=O) groups excluding carboxylic acids is 1. The van der Waals surface area contributed by atoms with Crippen LogP contribution in [0.2, 0.25) is 0 Å². The van der Waals surface area contributed by atoms with Gasteiger partial charge in [0.05, 0.1) is 18.5 Å². The van der Waals surface area contributed by atoms with Gasteiger partial charge in [0.1, 0.15) is 0 Å². The first-order chi connectivity index (χ1) is 12.2. The van der Waals surface area contributed by atoms with Crippen molar-refractivity contribution in [3.63, 3.8) is 0 Å². The second-order valence-electron chi connectivity index (χ2n) is 5.80. The Labute approximate surface area is 146 Å². The normalized spacial score (nSPS) is 15.5. The molecule has 3 heterocycles. The maximum Gasteiger partial charge on any atom is 0.289 e. The van der Waals surface area contributed by atoms with Crippen molar-refractivity contribution in [2.75, 3.05) is 33.2 Å². The van der Waals surface area contributed by atoms with Crippen LogP contribution in [0, 0.1) is 0 Å². The molecule has 8 nitrogen and oxygen atoms in total. The molecule has 0 bridgehead atoms. The number of hydrogen-bond acceptors (Lipinski definition) is 5. The number of aromatic nitrogens is 1. The summed E-state index contributed by atoms with van der Waals surface area (Å²) >= 11 is 0. The molecule has 1 N–H and O–H groups in total. The number of nitrogens with zero attached hydrogens (tertiary/aromatic N) is 4. The van der Waals surface area contributed by atoms with Crippen LogP contribution in [-0.2, 0) is 13.0 Å². The molecule has 1 aliphatic rings. The zero-order chi connectivity index (χ0) is 17.6. The average Bonchev–Trinajstić information content (AvgIpc) is 3.34. The number of nitrogens with one attached hydrogen (secondary N) is 1. The maximum atomic E-state index is 12.3. The second-order valence-corrected chi connectivity index (χ2v) is 5.80. The zero-order valence-electron chi connectivity index (χ0n) is 14.6. The lowest BCUT2D eigenvalue weighted by molar-refractivity contribution is 0.0657.